The van der Waals surface area contributed by atoms with Gasteiger partial charge in [-0.25, -0.2) is 0 Å². The number of hydrogen-bond acceptors (Lipinski definition) is 0. The molecule has 0 aliphatic rings. The third-order valence-electron chi connectivity index (χ3n) is 0.327. The van der Waals surface area contributed by atoms with Gasteiger partial charge in [0.2, 0.25) is 0 Å². The molecule has 0 spiro atoms. The molecule has 0 unspecified atom stereocenters. The fraction of sp³-hybridized carbons (Fsp3) is 1.00. The third kappa shape index (κ3) is 11.9. The van der Waals surface area contributed by atoms with Crippen molar-refractivity contribution in [3.63, 3.8) is 0 Å². The molecule has 0 amide bonds. The third-order valence-corrected chi connectivity index (χ3v) is 661. The molecular weight excluding hydrogens is 1530 g/mol. The summed E-state index contributed by atoms with van der Waals surface area (Å²) in [6.07, 6.45) is 0. The molecular formula is CH4I12. The van der Waals surface area contributed by atoms with Gasteiger partial charge >= 0.3 is 170 Å². The zero-order valence-corrected chi connectivity index (χ0v) is 30.4. The molecule has 13 heavy (non-hydrogen) atoms. The van der Waals surface area contributed by atoms with Crippen LogP contribution in [-0.2, 0) is 0 Å². The summed E-state index contributed by atoms with van der Waals surface area (Å²) in [7, 11) is -1.71. The molecule has 0 aromatic rings. The van der Waals surface area contributed by atoms with E-state index in [1.54, 1.807) is 0 Å². The van der Waals surface area contributed by atoms with Gasteiger partial charge in [-0.2, -0.15) is 0 Å². The average Bonchev–Trinajstić information content (AvgIpc) is 2.00. The number of halogens is 12. The van der Waals surface area contributed by atoms with E-state index in [9.17, 15) is 0 Å². The molecule has 0 aromatic carbocycles. The first kappa shape index (κ1) is 24.0. The van der Waals surface area contributed by atoms with Crippen LogP contribution >= 0.6 is 170 Å². The molecule has 0 N–H and O–H groups in total. The molecule has 0 fully saturated rings. The van der Waals surface area contributed by atoms with Crippen LogP contribution in [0.1, 0.15) is 7.43 Å². The molecule has 0 heterocycles. The molecule has 12 heteroatoms. The summed E-state index contributed by atoms with van der Waals surface area (Å²) < 4.78 is 0. The normalized spacial score (nSPS) is 15.5. The summed E-state index contributed by atoms with van der Waals surface area (Å²) >= 11 is 20.1. The minimum absolute atomic E-state index is 0. The second-order valence-corrected chi connectivity index (χ2v) is 244. The zero-order valence-electron chi connectivity index (χ0n) is 4.54. The predicted octanol–water partition coefficient (Wildman–Crippen LogP) is 11.3. The molecule has 0 aliphatic heterocycles. The van der Waals surface area contributed by atoms with Gasteiger partial charge in [-0.3, -0.25) is 0 Å². The van der Waals surface area contributed by atoms with E-state index in [-0.39, 0.29) is 46.9 Å². The van der Waals surface area contributed by atoms with Gasteiger partial charge in [0.15, 0.2) is 0 Å². The van der Waals surface area contributed by atoms with Crippen molar-refractivity contribution in [1.82, 2.24) is 0 Å². The van der Waals surface area contributed by atoms with Crippen LogP contribution in [0, 0.1) is 0 Å². The van der Waals surface area contributed by atoms with Crippen LogP contribution in [0.5, 0.6) is 0 Å². The summed E-state index contributed by atoms with van der Waals surface area (Å²) in [5.41, 5.74) is 0. The van der Waals surface area contributed by atoms with Crippen LogP contribution < -0.4 is 0 Å². The molecule has 0 bridgehead atoms. The topological polar surface area (TPSA) is 0 Å². The maximum atomic E-state index is 2.96. The van der Waals surface area contributed by atoms with E-state index in [1.807, 2.05) is 0 Å². The second-order valence-electron chi connectivity index (χ2n) is 0.810. The number of rotatable bonds is 4. The van der Waals surface area contributed by atoms with Crippen LogP contribution in [0.25, 0.3) is 0 Å². The molecule has 0 rings (SSSR count). The molecule has 0 radical (unpaired) electrons. The predicted molar refractivity (Wildman–Crippen MR) is 175 cm³/mol. The first-order valence-corrected chi connectivity index (χ1v) is 70.7. The molecule has 0 aromatic heterocycles. The SMILES string of the molecule is C.II(I)I(I)I(I)I(I)I(I)I. The summed E-state index contributed by atoms with van der Waals surface area (Å²) in [6, 6.07) is 0. The molecule has 0 aliphatic carbocycles. The van der Waals surface area contributed by atoms with Gasteiger partial charge in [-0.15, -0.1) is 0 Å². The van der Waals surface area contributed by atoms with Crippen LogP contribution in [0.4, 0.5) is 0 Å². The van der Waals surface area contributed by atoms with E-state index < -0.39 is 0 Å². The van der Waals surface area contributed by atoms with Crippen molar-refractivity contribution in [1.29, 1.82) is 0 Å². The van der Waals surface area contributed by atoms with E-state index >= 15 is 0 Å². The second kappa shape index (κ2) is 14.4. The van der Waals surface area contributed by atoms with E-state index in [2.05, 4.69) is 130 Å². The molecule has 92 valence electrons. The van der Waals surface area contributed by atoms with Crippen LogP contribution in [0.15, 0.2) is 0 Å². The van der Waals surface area contributed by atoms with Crippen molar-refractivity contribution >= 4 is 170 Å². The Hall–Kier alpha value is 8.76. The fourth-order valence-corrected chi connectivity index (χ4v) is 1260. The van der Waals surface area contributed by atoms with Gasteiger partial charge in [-0.1, -0.05) is 7.43 Å². The summed E-state index contributed by atoms with van der Waals surface area (Å²) in [5, 5.41) is 0. The number of hydrogen-bond donors (Lipinski definition) is 0. The summed E-state index contributed by atoms with van der Waals surface area (Å²) in [5.74, 6) is 0. The van der Waals surface area contributed by atoms with Gasteiger partial charge in [0.25, 0.3) is 0 Å². The van der Waals surface area contributed by atoms with Crippen LogP contribution in [-0.4, -0.2) is 0 Å². The summed E-state index contributed by atoms with van der Waals surface area (Å²) in [4.78, 5) is 0. The van der Waals surface area contributed by atoms with E-state index in [1.165, 1.54) is 0 Å². The molecule has 0 saturated carbocycles. The Bertz CT molecular complexity index is 104. The maximum absolute atomic E-state index is 2.96. The van der Waals surface area contributed by atoms with Crippen LogP contribution in [0.2, 0.25) is 0 Å². The Morgan fingerprint density at radius 1 is 0.462 bits per heavy atom. The van der Waals surface area contributed by atoms with Gasteiger partial charge in [-0.05, 0) is 0 Å². The standard InChI is InChI=1S/CH4.I12/c;1-8(2)10(5)12(7)11(6)9(3)4/h1H4;. The summed E-state index contributed by atoms with van der Waals surface area (Å²) in [6.45, 7) is 0. The van der Waals surface area contributed by atoms with Gasteiger partial charge < -0.3 is 0 Å². The Balaban J connectivity index is 0. The van der Waals surface area contributed by atoms with Crippen molar-refractivity contribution < 1.29 is 0 Å². The van der Waals surface area contributed by atoms with E-state index in [0.717, 1.165) is 0 Å². The molecule has 0 saturated heterocycles. The van der Waals surface area contributed by atoms with Crippen LogP contribution in [0.3, 0.4) is 0 Å². The molecule has 0 nitrogen and oxygen atoms in total. The van der Waals surface area contributed by atoms with Crippen molar-refractivity contribution in [2.75, 3.05) is 0 Å². The monoisotopic (exact) mass is 1540 g/mol. The minimum atomic E-state index is -0.380. The van der Waals surface area contributed by atoms with Crippen molar-refractivity contribution in [3.8, 4) is 0 Å². The molecule has 0 atom stereocenters. The van der Waals surface area contributed by atoms with Gasteiger partial charge in [0, 0.05) is 0 Å². The van der Waals surface area contributed by atoms with E-state index in [0.29, 0.717) is 0 Å². The van der Waals surface area contributed by atoms with Crippen molar-refractivity contribution in [2.45, 2.75) is 7.43 Å². The zero-order chi connectivity index (χ0) is 9.89. The van der Waals surface area contributed by atoms with E-state index in [4.69, 9.17) is 0 Å². The van der Waals surface area contributed by atoms with Crippen molar-refractivity contribution in [2.24, 2.45) is 0 Å². The average molecular weight is 1540 g/mol. The first-order chi connectivity index (χ1) is 5.37. The van der Waals surface area contributed by atoms with Crippen molar-refractivity contribution in [3.05, 3.63) is 0 Å². The quantitative estimate of drug-likeness (QED) is 0.246. The first-order valence-electron chi connectivity index (χ1n) is 1.57. The Kier molecular flexibility index (Phi) is 26.5. The van der Waals surface area contributed by atoms with Gasteiger partial charge in [0.1, 0.15) is 0 Å². The Labute approximate surface area is 169 Å². The fourth-order valence-electron chi connectivity index (χ4n) is 0.0926. The Morgan fingerprint density at radius 2 is 0.692 bits per heavy atom. The van der Waals surface area contributed by atoms with Gasteiger partial charge in [0.05, 0.1) is 0 Å². The Morgan fingerprint density at radius 3 is 0.846 bits per heavy atom.